The Balaban J connectivity index is 1.36. The highest BCUT2D eigenvalue weighted by Gasteiger charge is 2.44. The molecule has 1 aromatic heterocycles. The van der Waals surface area contributed by atoms with Crippen molar-refractivity contribution >= 4 is 5.91 Å². The van der Waals surface area contributed by atoms with Crippen molar-refractivity contribution in [3.8, 4) is 17.8 Å². The topological polar surface area (TPSA) is 89.5 Å². The Morgan fingerprint density at radius 3 is 2.21 bits per heavy atom. The molecule has 3 saturated heterocycles. The third-order valence-electron chi connectivity index (χ3n) is 9.20. The van der Waals surface area contributed by atoms with Crippen LogP contribution in [0, 0.1) is 5.92 Å². The molecule has 3 unspecified atom stereocenters. The van der Waals surface area contributed by atoms with Crippen LogP contribution in [0.5, 0.6) is 17.8 Å². The summed E-state index contributed by atoms with van der Waals surface area (Å²) in [5, 5.41) is 0. The number of nitrogens with zero attached hydrogens (tertiary/aromatic N) is 5. The Morgan fingerprint density at radius 1 is 0.936 bits per heavy atom. The van der Waals surface area contributed by atoms with Crippen molar-refractivity contribution in [1.29, 1.82) is 0 Å². The lowest BCUT2D eigenvalue weighted by Crippen LogP contribution is -2.67. The van der Waals surface area contributed by atoms with E-state index < -0.39 is 12.8 Å². The first-order valence-corrected chi connectivity index (χ1v) is 15.9. The third kappa shape index (κ3) is 7.63. The number of methoxy groups -OCH3 is 2. The largest absolute Gasteiger partial charge is 0.481 e. The molecular weight excluding hydrogens is 615 g/mol. The summed E-state index contributed by atoms with van der Waals surface area (Å²) in [6.07, 6.45) is -3.85. The maximum absolute atomic E-state index is 13.5. The van der Waals surface area contributed by atoms with E-state index in [1.54, 1.807) is 0 Å². The molecule has 252 valence electrons. The number of hydrogen-bond acceptors (Lipinski definition) is 9. The van der Waals surface area contributed by atoms with Crippen LogP contribution >= 0.6 is 0 Å². The maximum atomic E-state index is 13.5. The Hall–Kier alpha value is -3.94. The smallest absolute Gasteiger partial charge is 0.422 e. The molecule has 3 aliphatic rings. The van der Waals surface area contributed by atoms with Gasteiger partial charge in [-0.1, -0.05) is 60.7 Å². The molecule has 0 N–H and O–H groups in total. The van der Waals surface area contributed by atoms with Gasteiger partial charge in [0.2, 0.25) is 17.7 Å². The van der Waals surface area contributed by atoms with E-state index in [1.807, 2.05) is 41.3 Å². The van der Waals surface area contributed by atoms with Gasteiger partial charge in [0.15, 0.2) is 6.61 Å². The molecular formula is C34H40F3N5O5. The summed E-state index contributed by atoms with van der Waals surface area (Å²) in [6.45, 7) is 2.69. The predicted molar refractivity (Wildman–Crippen MR) is 166 cm³/mol. The van der Waals surface area contributed by atoms with Crippen molar-refractivity contribution in [3.63, 3.8) is 0 Å². The van der Waals surface area contributed by atoms with Gasteiger partial charge in [-0.15, -0.1) is 0 Å². The van der Waals surface area contributed by atoms with Gasteiger partial charge < -0.3 is 23.8 Å². The summed E-state index contributed by atoms with van der Waals surface area (Å²) in [7, 11) is 2.73. The number of ether oxygens (including phenoxy) is 4. The molecule has 3 aromatic rings. The highest BCUT2D eigenvalue weighted by atomic mass is 19.4. The molecule has 0 radical (unpaired) electrons. The normalized spacial score (nSPS) is 22.3. The molecule has 1 amide bonds. The van der Waals surface area contributed by atoms with Gasteiger partial charge in [0.05, 0.1) is 32.3 Å². The fourth-order valence-electron chi connectivity index (χ4n) is 7.10. The van der Waals surface area contributed by atoms with Crippen molar-refractivity contribution in [3.05, 3.63) is 77.4 Å². The number of alkyl halides is 3. The minimum Gasteiger partial charge on any atom is -0.481 e. The van der Waals surface area contributed by atoms with Crippen LogP contribution in [0.1, 0.15) is 29.0 Å². The molecule has 13 heteroatoms. The molecule has 0 saturated carbocycles. The molecule has 2 aromatic carbocycles. The van der Waals surface area contributed by atoms with Gasteiger partial charge >= 0.3 is 12.2 Å². The Bertz CT molecular complexity index is 1450. The summed E-state index contributed by atoms with van der Waals surface area (Å²) in [5.74, 6) is -0.186. The van der Waals surface area contributed by atoms with E-state index in [2.05, 4.69) is 44.0 Å². The van der Waals surface area contributed by atoms with Gasteiger partial charge in [-0.25, -0.2) is 0 Å². The number of carbonyl (C=O) groups excluding carboxylic acids is 1. The number of piperazine rings is 2. The van der Waals surface area contributed by atoms with Gasteiger partial charge in [-0.2, -0.15) is 23.1 Å². The molecule has 4 heterocycles. The van der Waals surface area contributed by atoms with Crippen molar-refractivity contribution < 1.29 is 36.9 Å². The third-order valence-corrected chi connectivity index (χ3v) is 9.20. The summed E-state index contributed by atoms with van der Waals surface area (Å²) >= 11 is 0. The van der Waals surface area contributed by atoms with Crippen molar-refractivity contribution in [2.75, 3.05) is 66.8 Å². The standard InChI is InChI=1S/C34H40F3N5O5/c1-44-30-27(31(39-33(38-30)45-2)47-22-34(35,36)37)19-40-17-26-18-41(32(43)25-13-16-46-21-25)14-15-42(26)28(20-40)29(23-9-5-3-6-10-23)24-11-7-4-8-12-24/h3-12,25-26,28-29H,13-22H2,1-2H3. The fourth-order valence-corrected chi connectivity index (χ4v) is 7.10. The number of aromatic nitrogens is 2. The van der Waals surface area contributed by atoms with Crippen LogP contribution in [0.25, 0.3) is 0 Å². The Labute approximate surface area is 272 Å². The average Bonchev–Trinajstić information content (AvgIpc) is 3.63. The van der Waals surface area contributed by atoms with E-state index in [0.717, 1.165) is 17.5 Å². The van der Waals surface area contributed by atoms with Crippen molar-refractivity contribution in [1.82, 2.24) is 24.7 Å². The van der Waals surface area contributed by atoms with Crippen molar-refractivity contribution in [2.24, 2.45) is 5.92 Å². The lowest BCUT2D eigenvalue weighted by molar-refractivity contribution is -0.154. The van der Waals surface area contributed by atoms with E-state index in [9.17, 15) is 18.0 Å². The maximum Gasteiger partial charge on any atom is 0.422 e. The molecule has 3 fully saturated rings. The number of hydrogen-bond donors (Lipinski definition) is 0. The number of halogens is 3. The molecule has 10 nitrogen and oxygen atoms in total. The quantitative estimate of drug-likeness (QED) is 0.322. The number of benzene rings is 2. The molecule has 3 atom stereocenters. The first-order valence-electron chi connectivity index (χ1n) is 15.9. The first-order chi connectivity index (χ1) is 22.7. The summed E-state index contributed by atoms with van der Waals surface area (Å²) in [4.78, 5) is 28.6. The van der Waals surface area contributed by atoms with Gasteiger partial charge in [0.1, 0.15) is 0 Å². The molecule has 0 aliphatic carbocycles. The second kappa shape index (κ2) is 14.4. The van der Waals surface area contributed by atoms with Gasteiger partial charge in [0, 0.05) is 63.9 Å². The van der Waals surface area contributed by atoms with E-state index in [0.29, 0.717) is 51.5 Å². The summed E-state index contributed by atoms with van der Waals surface area (Å²) < 4.78 is 61.2. The van der Waals surface area contributed by atoms with Crippen molar-refractivity contribution in [2.45, 2.75) is 37.1 Å². The monoisotopic (exact) mass is 655 g/mol. The van der Waals surface area contributed by atoms with E-state index >= 15 is 0 Å². The number of amides is 1. The number of rotatable bonds is 10. The second-order valence-electron chi connectivity index (χ2n) is 12.2. The van der Waals surface area contributed by atoms with Crippen LogP contribution in [-0.2, 0) is 16.1 Å². The van der Waals surface area contributed by atoms with Crippen LogP contribution in [-0.4, -0.2) is 116 Å². The van der Waals surface area contributed by atoms with E-state index in [1.165, 1.54) is 14.2 Å². The van der Waals surface area contributed by atoms with Crippen LogP contribution < -0.4 is 14.2 Å². The molecule has 6 rings (SSSR count). The second-order valence-corrected chi connectivity index (χ2v) is 12.2. The van der Waals surface area contributed by atoms with Gasteiger partial charge in [-0.05, 0) is 17.5 Å². The average molecular weight is 656 g/mol. The van der Waals surface area contributed by atoms with Gasteiger partial charge in [-0.3, -0.25) is 14.6 Å². The summed E-state index contributed by atoms with van der Waals surface area (Å²) in [6, 6.07) is 20.5. The Morgan fingerprint density at radius 2 is 1.62 bits per heavy atom. The number of fused-ring (bicyclic) bond motifs is 1. The minimum absolute atomic E-state index is 0.0110. The van der Waals surface area contributed by atoms with Crippen LogP contribution in [0.4, 0.5) is 13.2 Å². The zero-order chi connectivity index (χ0) is 33.0. The minimum atomic E-state index is -4.57. The lowest BCUT2D eigenvalue weighted by Gasteiger charge is -2.53. The van der Waals surface area contributed by atoms with Crippen LogP contribution in [0.3, 0.4) is 0 Å². The zero-order valence-electron chi connectivity index (χ0n) is 26.6. The van der Waals surface area contributed by atoms with Crippen LogP contribution in [0.15, 0.2) is 60.7 Å². The fraction of sp³-hybridized carbons (Fsp3) is 0.500. The van der Waals surface area contributed by atoms with E-state index in [-0.39, 0.29) is 54.1 Å². The number of carbonyl (C=O) groups is 1. The first kappa shape index (κ1) is 33.0. The molecule has 3 aliphatic heterocycles. The SMILES string of the molecule is COc1nc(OC)c(CN2CC3CN(C(=O)C4CCOC4)CCN3C(C(c3ccccc3)c3ccccc3)C2)c(OCC(F)(F)F)n1. The molecule has 0 bridgehead atoms. The zero-order valence-corrected chi connectivity index (χ0v) is 26.6. The highest BCUT2D eigenvalue weighted by Crippen LogP contribution is 2.38. The Kier molecular flexibility index (Phi) is 10.1. The molecule has 47 heavy (non-hydrogen) atoms. The lowest BCUT2D eigenvalue weighted by atomic mass is 9.81. The predicted octanol–water partition coefficient (Wildman–Crippen LogP) is 4.00. The molecule has 0 spiro atoms. The van der Waals surface area contributed by atoms with Crippen LogP contribution in [0.2, 0.25) is 0 Å². The van der Waals surface area contributed by atoms with Gasteiger partial charge in [0.25, 0.3) is 0 Å². The summed E-state index contributed by atoms with van der Waals surface area (Å²) in [5.41, 5.74) is 2.61. The van der Waals surface area contributed by atoms with E-state index in [4.69, 9.17) is 18.9 Å². The highest BCUT2D eigenvalue weighted by molar-refractivity contribution is 5.79.